The molecule has 2 aromatic rings. The summed E-state index contributed by atoms with van der Waals surface area (Å²) in [5.74, 6) is 2.33. The van der Waals surface area contributed by atoms with E-state index in [1.54, 1.807) is 11.8 Å². The van der Waals surface area contributed by atoms with Gasteiger partial charge in [0.25, 0.3) is 0 Å². The molecule has 3 rings (SSSR count). The van der Waals surface area contributed by atoms with E-state index in [-0.39, 0.29) is 12.6 Å². The van der Waals surface area contributed by atoms with Crippen molar-refractivity contribution in [2.45, 2.75) is 18.6 Å². The molecule has 6 heteroatoms. The normalized spacial score (nSPS) is 21.6. The molecule has 1 aliphatic heterocycles. The number of hydrogen-bond acceptors (Lipinski definition) is 4. The van der Waals surface area contributed by atoms with Gasteiger partial charge in [0.1, 0.15) is 11.3 Å². The fourth-order valence-corrected chi connectivity index (χ4v) is 3.63. The monoisotopic (exact) mass is 306 g/mol. The van der Waals surface area contributed by atoms with Crippen LogP contribution in [0.3, 0.4) is 0 Å². The number of fused-ring (bicyclic) bond motifs is 1. The van der Waals surface area contributed by atoms with Crippen LogP contribution < -0.4 is 10.6 Å². The number of benzene rings is 1. The lowest BCUT2D eigenvalue weighted by Gasteiger charge is -2.21. The summed E-state index contributed by atoms with van der Waals surface area (Å²) in [6.45, 7) is 0.611. The maximum atomic E-state index is 11.7. The number of rotatable bonds is 4. The lowest BCUT2D eigenvalue weighted by atomic mass is 10.0. The molecule has 1 aliphatic rings. The largest absolute Gasteiger partial charge is 0.459 e. The summed E-state index contributed by atoms with van der Waals surface area (Å²) in [7, 11) is 0. The molecular formula is C15H18N2O3S. The Labute approximate surface area is 127 Å². The molecule has 0 spiro atoms. The number of carbonyl (C=O) groups excluding carboxylic acids is 1. The second kappa shape index (κ2) is 5.99. The number of carbonyl (C=O) groups is 1. The molecule has 1 saturated heterocycles. The maximum Gasteiger partial charge on any atom is 0.315 e. The first-order chi connectivity index (χ1) is 10.1. The molecule has 1 aromatic carbocycles. The lowest BCUT2D eigenvalue weighted by Crippen LogP contribution is -2.46. The predicted molar refractivity (Wildman–Crippen MR) is 83.3 cm³/mol. The van der Waals surface area contributed by atoms with Crippen LogP contribution in [0.2, 0.25) is 0 Å². The molecule has 3 N–H and O–H groups in total. The smallest absolute Gasteiger partial charge is 0.315 e. The molecule has 1 fully saturated rings. The van der Waals surface area contributed by atoms with E-state index in [0.29, 0.717) is 18.1 Å². The number of nitrogens with one attached hydrogen (secondary N) is 2. The van der Waals surface area contributed by atoms with E-state index in [2.05, 4.69) is 10.6 Å². The molecule has 1 unspecified atom stereocenters. The van der Waals surface area contributed by atoms with E-state index >= 15 is 0 Å². The Hall–Kier alpha value is -1.66. The Kier molecular flexibility index (Phi) is 4.07. The quantitative estimate of drug-likeness (QED) is 0.808. The van der Waals surface area contributed by atoms with E-state index in [1.165, 1.54) is 0 Å². The summed E-state index contributed by atoms with van der Waals surface area (Å²) in [5.41, 5.74) is 0.0495. The molecule has 21 heavy (non-hydrogen) atoms. The highest BCUT2D eigenvalue weighted by Gasteiger charge is 2.31. The first-order valence-electron chi connectivity index (χ1n) is 6.94. The van der Waals surface area contributed by atoms with Crippen LogP contribution in [0.25, 0.3) is 11.0 Å². The van der Waals surface area contributed by atoms with E-state index in [0.717, 1.165) is 23.1 Å². The number of aliphatic hydroxyl groups is 1. The first kappa shape index (κ1) is 14.3. The molecule has 0 bridgehead atoms. The van der Waals surface area contributed by atoms with Crippen molar-refractivity contribution in [3.8, 4) is 0 Å². The highest BCUT2D eigenvalue weighted by atomic mass is 32.2. The van der Waals surface area contributed by atoms with Gasteiger partial charge in [0, 0.05) is 17.7 Å². The van der Waals surface area contributed by atoms with Crippen molar-refractivity contribution in [3.05, 3.63) is 36.1 Å². The van der Waals surface area contributed by atoms with Crippen molar-refractivity contribution >= 4 is 28.8 Å². The third kappa shape index (κ3) is 3.51. The Morgan fingerprint density at radius 3 is 3.00 bits per heavy atom. The highest BCUT2D eigenvalue weighted by molar-refractivity contribution is 7.99. The zero-order valence-corrected chi connectivity index (χ0v) is 12.4. The van der Waals surface area contributed by atoms with Crippen LogP contribution in [0.1, 0.15) is 12.2 Å². The van der Waals surface area contributed by atoms with Crippen LogP contribution >= 0.6 is 11.8 Å². The van der Waals surface area contributed by atoms with Crippen molar-refractivity contribution in [2.75, 3.05) is 18.1 Å². The van der Waals surface area contributed by atoms with Gasteiger partial charge in [0.2, 0.25) is 0 Å². The van der Waals surface area contributed by atoms with E-state index < -0.39 is 5.60 Å². The average molecular weight is 306 g/mol. The SMILES string of the molecule is O=C(NCc1cc2ccccc2o1)NCC1(O)CCSC1. The zero-order valence-electron chi connectivity index (χ0n) is 11.6. The Balaban J connectivity index is 1.49. The van der Waals surface area contributed by atoms with Crippen molar-refractivity contribution in [1.29, 1.82) is 0 Å². The van der Waals surface area contributed by atoms with E-state index in [4.69, 9.17) is 4.42 Å². The average Bonchev–Trinajstić information content (AvgIpc) is 3.09. The van der Waals surface area contributed by atoms with Gasteiger partial charge in [-0.2, -0.15) is 11.8 Å². The topological polar surface area (TPSA) is 74.5 Å². The number of para-hydroxylation sites is 1. The molecule has 112 valence electrons. The number of hydrogen-bond donors (Lipinski definition) is 3. The van der Waals surface area contributed by atoms with Gasteiger partial charge in [-0.05, 0) is 24.3 Å². The molecule has 0 saturated carbocycles. The van der Waals surface area contributed by atoms with Crippen LogP contribution in [-0.2, 0) is 6.54 Å². The van der Waals surface area contributed by atoms with Gasteiger partial charge in [-0.25, -0.2) is 4.79 Å². The summed E-state index contributed by atoms with van der Waals surface area (Å²) >= 11 is 1.71. The minimum absolute atomic E-state index is 0.284. The van der Waals surface area contributed by atoms with E-state index in [9.17, 15) is 9.90 Å². The standard InChI is InChI=1S/C15H18N2O3S/c18-14(17-9-15(19)5-6-21-10-15)16-8-12-7-11-3-1-2-4-13(11)20-12/h1-4,7,19H,5-6,8-10H2,(H2,16,17,18). The van der Waals surface area contributed by atoms with Gasteiger partial charge < -0.3 is 20.2 Å². The summed E-state index contributed by atoms with van der Waals surface area (Å²) in [5, 5.41) is 16.6. The maximum absolute atomic E-state index is 11.7. The number of thioether (sulfide) groups is 1. The van der Waals surface area contributed by atoms with E-state index in [1.807, 2.05) is 30.3 Å². The van der Waals surface area contributed by atoms with Gasteiger partial charge >= 0.3 is 6.03 Å². The number of amides is 2. The molecule has 1 atom stereocenters. The second-order valence-corrected chi connectivity index (χ2v) is 6.42. The fraction of sp³-hybridized carbons (Fsp3) is 0.400. The third-order valence-electron chi connectivity index (χ3n) is 3.56. The zero-order chi connectivity index (χ0) is 14.7. The minimum atomic E-state index is -0.763. The van der Waals surface area contributed by atoms with Gasteiger partial charge in [-0.3, -0.25) is 0 Å². The van der Waals surface area contributed by atoms with Crippen LogP contribution in [0, 0.1) is 0 Å². The molecule has 2 heterocycles. The van der Waals surface area contributed by atoms with Crippen molar-refractivity contribution in [3.63, 3.8) is 0 Å². The molecule has 1 aromatic heterocycles. The predicted octanol–water partition coefficient (Wildman–Crippen LogP) is 2.10. The molecule has 0 radical (unpaired) electrons. The van der Waals surface area contributed by atoms with Crippen LogP contribution in [0.4, 0.5) is 4.79 Å². The second-order valence-electron chi connectivity index (χ2n) is 5.31. The van der Waals surface area contributed by atoms with Crippen molar-refractivity contribution < 1.29 is 14.3 Å². The Morgan fingerprint density at radius 2 is 2.24 bits per heavy atom. The van der Waals surface area contributed by atoms with Crippen LogP contribution in [0.15, 0.2) is 34.7 Å². The molecule has 5 nitrogen and oxygen atoms in total. The summed E-state index contributed by atoms with van der Waals surface area (Å²) in [4.78, 5) is 11.7. The minimum Gasteiger partial charge on any atom is -0.459 e. The summed E-state index contributed by atoms with van der Waals surface area (Å²) in [6, 6.07) is 9.34. The summed E-state index contributed by atoms with van der Waals surface area (Å²) < 4.78 is 5.62. The molecular weight excluding hydrogens is 288 g/mol. The Morgan fingerprint density at radius 1 is 1.38 bits per heavy atom. The first-order valence-corrected chi connectivity index (χ1v) is 8.09. The van der Waals surface area contributed by atoms with Crippen molar-refractivity contribution in [1.82, 2.24) is 10.6 Å². The number of furan rings is 1. The highest BCUT2D eigenvalue weighted by Crippen LogP contribution is 2.26. The fourth-order valence-electron chi connectivity index (χ4n) is 2.33. The Bertz CT molecular complexity index is 602. The lowest BCUT2D eigenvalue weighted by molar-refractivity contribution is 0.0700. The van der Waals surface area contributed by atoms with Gasteiger partial charge in [-0.1, -0.05) is 18.2 Å². The summed E-state index contributed by atoms with van der Waals surface area (Å²) in [6.07, 6.45) is 0.724. The van der Waals surface area contributed by atoms with Gasteiger partial charge in [0.15, 0.2) is 0 Å². The van der Waals surface area contributed by atoms with Gasteiger partial charge in [0.05, 0.1) is 12.1 Å². The third-order valence-corrected chi connectivity index (χ3v) is 4.79. The van der Waals surface area contributed by atoms with Crippen LogP contribution in [-0.4, -0.2) is 34.8 Å². The molecule has 2 amide bonds. The van der Waals surface area contributed by atoms with Crippen LogP contribution in [0.5, 0.6) is 0 Å². The number of urea groups is 1. The molecule has 0 aliphatic carbocycles. The van der Waals surface area contributed by atoms with Crippen molar-refractivity contribution in [2.24, 2.45) is 0 Å². The van der Waals surface area contributed by atoms with Gasteiger partial charge in [-0.15, -0.1) is 0 Å².